The fraction of sp³-hybridized carbons (Fsp3) is 0.467. The number of rotatable bonds is 6. The third-order valence-electron chi connectivity index (χ3n) is 3.10. The summed E-state index contributed by atoms with van der Waals surface area (Å²) in [6.07, 6.45) is 1.09. The maximum atomic E-state index is 11.3. The van der Waals surface area contributed by atoms with Crippen LogP contribution in [-0.4, -0.2) is 28.4 Å². The predicted molar refractivity (Wildman–Crippen MR) is 81.9 cm³/mol. The number of esters is 1. The van der Waals surface area contributed by atoms with Gasteiger partial charge in [0, 0.05) is 6.54 Å². The maximum Gasteiger partial charge on any atom is 0.316 e. The SMILES string of the molecule is COC(=O)CSc1nc2ccccc2n1CCC(C)C. The van der Waals surface area contributed by atoms with Gasteiger partial charge >= 0.3 is 5.97 Å². The van der Waals surface area contributed by atoms with Crippen molar-refractivity contribution >= 4 is 28.8 Å². The Kier molecular flexibility index (Phi) is 5.06. The summed E-state index contributed by atoms with van der Waals surface area (Å²) in [5, 5.41) is 0.886. The molecule has 0 saturated carbocycles. The van der Waals surface area contributed by atoms with E-state index in [4.69, 9.17) is 0 Å². The summed E-state index contributed by atoms with van der Waals surface area (Å²) >= 11 is 1.43. The van der Waals surface area contributed by atoms with Crippen LogP contribution in [0.1, 0.15) is 20.3 Å². The fourth-order valence-corrected chi connectivity index (χ4v) is 2.82. The molecule has 4 nitrogen and oxygen atoms in total. The Labute approximate surface area is 123 Å². The van der Waals surface area contributed by atoms with E-state index in [1.54, 1.807) is 0 Å². The van der Waals surface area contributed by atoms with Gasteiger partial charge in [-0.1, -0.05) is 37.7 Å². The molecule has 5 heteroatoms. The van der Waals surface area contributed by atoms with Gasteiger partial charge in [0.1, 0.15) is 0 Å². The zero-order valence-corrected chi connectivity index (χ0v) is 12.9. The molecule has 0 aliphatic rings. The highest BCUT2D eigenvalue weighted by Gasteiger charge is 2.13. The van der Waals surface area contributed by atoms with Gasteiger partial charge in [-0.3, -0.25) is 4.79 Å². The zero-order valence-electron chi connectivity index (χ0n) is 12.1. The van der Waals surface area contributed by atoms with Crippen LogP contribution >= 0.6 is 11.8 Å². The van der Waals surface area contributed by atoms with Crippen molar-refractivity contribution in [1.82, 2.24) is 9.55 Å². The van der Waals surface area contributed by atoms with Crippen molar-refractivity contribution in [3.05, 3.63) is 24.3 Å². The van der Waals surface area contributed by atoms with E-state index in [1.807, 2.05) is 18.2 Å². The molecule has 0 unspecified atom stereocenters. The Bertz CT molecular complexity index is 593. The van der Waals surface area contributed by atoms with Crippen LogP contribution in [0, 0.1) is 5.92 Å². The van der Waals surface area contributed by atoms with Crippen molar-refractivity contribution in [3.8, 4) is 0 Å². The minimum Gasteiger partial charge on any atom is -0.468 e. The van der Waals surface area contributed by atoms with E-state index in [-0.39, 0.29) is 5.97 Å². The lowest BCUT2D eigenvalue weighted by Gasteiger charge is -2.10. The lowest BCUT2D eigenvalue weighted by molar-refractivity contribution is -0.137. The van der Waals surface area contributed by atoms with Crippen molar-refractivity contribution in [1.29, 1.82) is 0 Å². The van der Waals surface area contributed by atoms with E-state index in [0.717, 1.165) is 29.2 Å². The molecule has 0 amide bonds. The molecular formula is C15H20N2O2S. The smallest absolute Gasteiger partial charge is 0.316 e. The van der Waals surface area contributed by atoms with Crippen LogP contribution in [0.2, 0.25) is 0 Å². The molecule has 0 fully saturated rings. The van der Waals surface area contributed by atoms with E-state index in [0.29, 0.717) is 11.7 Å². The maximum absolute atomic E-state index is 11.3. The first kappa shape index (κ1) is 14.9. The van der Waals surface area contributed by atoms with E-state index in [2.05, 4.69) is 34.2 Å². The monoisotopic (exact) mass is 292 g/mol. The molecule has 2 rings (SSSR count). The second-order valence-electron chi connectivity index (χ2n) is 5.08. The van der Waals surface area contributed by atoms with E-state index < -0.39 is 0 Å². The van der Waals surface area contributed by atoms with Crippen molar-refractivity contribution in [2.45, 2.75) is 32.0 Å². The van der Waals surface area contributed by atoms with Gasteiger partial charge in [-0.25, -0.2) is 4.98 Å². The first-order valence-electron chi connectivity index (χ1n) is 6.76. The Morgan fingerprint density at radius 3 is 2.85 bits per heavy atom. The molecule has 2 aromatic rings. The van der Waals surface area contributed by atoms with E-state index >= 15 is 0 Å². The summed E-state index contributed by atoms with van der Waals surface area (Å²) in [6, 6.07) is 8.08. The number of nitrogens with zero attached hydrogens (tertiary/aromatic N) is 2. The highest BCUT2D eigenvalue weighted by atomic mass is 32.2. The van der Waals surface area contributed by atoms with Crippen LogP contribution in [0.15, 0.2) is 29.4 Å². The summed E-state index contributed by atoms with van der Waals surface area (Å²) in [4.78, 5) is 15.9. The molecule has 1 aromatic heterocycles. The minimum atomic E-state index is -0.225. The Hall–Kier alpha value is -1.49. The first-order valence-corrected chi connectivity index (χ1v) is 7.75. The van der Waals surface area contributed by atoms with Crippen LogP contribution in [-0.2, 0) is 16.1 Å². The number of aromatic nitrogens is 2. The Morgan fingerprint density at radius 2 is 2.15 bits per heavy atom. The second kappa shape index (κ2) is 6.79. The van der Waals surface area contributed by atoms with E-state index in [9.17, 15) is 4.79 Å². The summed E-state index contributed by atoms with van der Waals surface area (Å²) in [5.41, 5.74) is 2.10. The predicted octanol–water partition coefficient (Wildman–Crippen LogP) is 3.35. The number of benzene rings is 1. The van der Waals surface area contributed by atoms with Gasteiger partial charge in [-0.15, -0.1) is 0 Å². The van der Waals surface area contributed by atoms with Gasteiger partial charge < -0.3 is 9.30 Å². The first-order chi connectivity index (χ1) is 9.61. The van der Waals surface area contributed by atoms with Gasteiger partial charge in [0.15, 0.2) is 5.16 Å². The standard InChI is InChI=1S/C15H20N2O2S/c1-11(2)8-9-17-13-7-5-4-6-12(13)16-15(17)20-10-14(18)19-3/h4-7,11H,8-10H2,1-3H3. The Morgan fingerprint density at radius 1 is 1.40 bits per heavy atom. The third kappa shape index (κ3) is 3.54. The van der Waals surface area contributed by atoms with Crippen LogP contribution in [0.4, 0.5) is 0 Å². The molecule has 0 saturated heterocycles. The summed E-state index contributed by atoms with van der Waals surface area (Å²) in [6.45, 7) is 5.34. The van der Waals surface area contributed by atoms with Gasteiger partial charge in [-0.2, -0.15) is 0 Å². The number of para-hydroxylation sites is 2. The van der Waals surface area contributed by atoms with Crippen molar-refractivity contribution < 1.29 is 9.53 Å². The Balaban J connectivity index is 2.26. The summed E-state index contributed by atoms with van der Waals surface area (Å²) in [5.74, 6) is 0.702. The number of ether oxygens (including phenoxy) is 1. The van der Waals surface area contributed by atoms with Crippen LogP contribution in [0.25, 0.3) is 11.0 Å². The lowest BCUT2D eigenvalue weighted by Crippen LogP contribution is -2.07. The largest absolute Gasteiger partial charge is 0.468 e. The summed E-state index contributed by atoms with van der Waals surface area (Å²) < 4.78 is 6.88. The molecule has 0 bridgehead atoms. The topological polar surface area (TPSA) is 44.1 Å². The normalized spacial score (nSPS) is 11.2. The number of imidazole rings is 1. The highest BCUT2D eigenvalue weighted by molar-refractivity contribution is 7.99. The van der Waals surface area contributed by atoms with Crippen molar-refractivity contribution in [2.75, 3.05) is 12.9 Å². The number of aryl methyl sites for hydroxylation is 1. The zero-order chi connectivity index (χ0) is 14.5. The molecule has 0 atom stereocenters. The molecule has 0 N–H and O–H groups in total. The molecule has 0 radical (unpaired) electrons. The van der Waals surface area contributed by atoms with E-state index in [1.165, 1.54) is 18.9 Å². The number of thioether (sulfide) groups is 1. The number of carbonyl (C=O) groups is 1. The lowest BCUT2D eigenvalue weighted by atomic mass is 10.1. The van der Waals surface area contributed by atoms with Crippen LogP contribution in [0.5, 0.6) is 0 Å². The van der Waals surface area contributed by atoms with Gasteiger partial charge in [0.05, 0.1) is 23.9 Å². The number of carbonyl (C=O) groups excluding carboxylic acids is 1. The van der Waals surface area contributed by atoms with Crippen LogP contribution in [0.3, 0.4) is 0 Å². The molecule has 1 aromatic carbocycles. The van der Waals surface area contributed by atoms with Crippen LogP contribution < -0.4 is 0 Å². The molecule has 108 valence electrons. The second-order valence-corrected chi connectivity index (χ2v) is 6.02. The quantitative estimate of drug-likeness (QED) is 0.605. The number of hydrogen-bond donors (Lipinski definition) is 0. The van der Waals surface area contributed by atoms with Gasteiger partial charge in [0.25, 0.3) is 0 Å². The molecule has 0 spiro atoms. The van der Waals surface area contributed by atoms with Crippen molar-refractivity contribution in [2.24, 2.45) is 5.92 Å². The molecule has 1 heterocycles. The summed E-state index contributed by atoms with van der Waals surface area (Å²) in [7, 11) is 1.41. The fourth-order valence-electron chi connectivity index (χ4n) is 1.95. The molecule has 0 aliphatic heterocycles. The average molecular weight is 292 g/mol. The minimum absolute atomic E-state index is 0.225. The molecule has 0 aliphatic carbocycles. The number of fused-ring (bicyclic) bond motifs is 1. The number of methoxy groups -OCH3 is 1. The van der Waals surface area contributed by atoms with Crippen molar-refractivity contribution in [3.63, 3.8) is 0 Å². The van der Waals surface area contributed by atoms with Gasteiger partial charge in [-0.05, 0) is 24.5 Å². The average Bonchev–Trinajstić information content (AvgIpc) is 2.80. The molecular weight excluding hydrogens is 272 g/mol. The number of hydrogen-bond acceptors (Lipinski definition) is 4. The third-order valence-corrected chi connectivity index (χ3v) is 4.05. The highest BCUT2D eigenvalue weighted by Crippen LogP contribution is 2.25. The molecule has 20 heavy (non-hydrogen) atoms. The van der Waals surface area contributed by atoms with Gasteiger partial charge in [0.2, 0.25) is 0 Å².